The van der Waals surface area contributed by atoms with Gasteiger partial charge in [0.2, 0.25) is 10.0 Å². The largest absolute Gasteiger partial charge is 0.488 e. The number of hydrogen-bond acceptors (Lipinski definition) is 4. The Kier molecular flexibility index (Phi) is 7.35. The van der Waals surface area contributed by atoms with Crippen LogP contribution in [0.2, 0.25) is 0 Å². The monoisotopic (exact) mass is 448 g/mol. The first-order valence-corrected chi connectivity index (χ1v) is 12.5. The fourth-order valence-corrected chi connectivity index (χ4v) is 5.25. The first-order chi connectivity index (χ1) is 15.6. The Bertz CT molecular complexity index is 1140. The smallest absolute Gasteiger partial charge is 0.243 e. The Morgan fingerprint density at radius 3 is 2.19 bits per heavy atom. The van der Waals surface area contributed by atoms with Gasteiger partial charge in [-0.1, -0.05) is 55.3 Å². The van der Waals surface area contributed by atoms with Crippen LogP contribution in [0.15, 0.2) is 88.8 Å². The van der Waals surface area contributed by atoms with Crippen LogP contribution in [0.4, 0.5) is 5.69 Å². The lowest BCUT2D eigenvalue weighted by atomic mass is 10.2. The molecule has 1 heterocycles. The van der Waals surface area contributed by atoms with E-state index in [4.69, 9.17) is 4.74 Å². The maximum absolute atomic E-state index is 12.9. The van der Waals surface area contributed by atoms with Gasteiger partial charge in [0.05, 0.1) is 10.6 Å². The summed E-state index contributed by atoms with van der Waals surface area (Å²) in [5, 5.41) is 0. The van der Waals surface area contributed by atoms with Crippen molar-refractivity contribution in [2.24, 2.45) is 4.99 Å². The van der Waals surface area contributed by atoms with Gasteiger partial charge in [-0.3, -0.25) is 4.99 Å². The Labute approximate surface area is 190 Å². The Morgan fingerprint density at radius 1 is 0.812 bits per heavy atom. The summed E-state index contributed by atoms with van der Waals surface area (Å²) >= 11 is 0. The van der Waals surface area contributed by atoms with Crippen molar-refractivity contribution in [2.45, 2.75) is 37.2 Å². The van der Waals surface area contributed by atoms with Gasteiger partial charge in [0.1, 0.15) is 12.4 Å². The normalized spacial score (nSPS) is 15.5. The van der Waals surface area contributed by atoms with Crippen molar-refractivity contribution in [3.8, 4) is 5.75 Å². The maximum Gasteiger partial charge on any atom is 0.243 e. The third kappa shape index (κ3) is 5.64. The first-order valence-electron chi connectivity index (χ1n) is 11.0. The van der Waals surface area contributed by atoms with E-state index in [9.17, 15) is 8.42 Å². The third-order valence-corrected chi connectivity index (χ3v) is 7.46. The van der Waals surface area contributed by atoms with Gasteiger partial charge in [-0.05, 0) is 54.8 Å². The standard InChI is InChI=1S/C26H28N2O3S/c29-32(30,28-18-8-1-2-9-19-28)25-16-14-24(15-17-25)27-20-23-12-6-7-13-26(23)31-21-22-10-4-3-5-11-22/h3-7,10-17,20H,1-2,8-9,18-19,21H2. The van der Waals surface area contributed by atoms with Crippen molar-refractivity contribution >= 4 is 21.9 Å². The molecule has 166 valence electrons. The lowest BCUT2D eigenvalue weighted by Gasteiger charge is -2.19. The Morgan fingerprint density at radius 2 is 1.47 bits per heavy atom. The molecule has 1 saturated heterocycles. The lowest BCUT2D eigenvalue weighted by molar-refractivity contribution is 0.306. The molecule has 0 aliphatic carbocycles. The fraction of sp³-hybridized carbons (Fsp3) is 0.269. The summed E-state index contributed by atoms with van der Waals surface area (Å²) in [6.45, 7) is 1.68. The number of rotatable bonds is 7. The Balaban J connectivity index is 1.45. The topological polar surface area (TPSA) is 59.0 Å². The second-order valence-electron chi connectivity index (χ2n) is 7.88. The summed E-state index contributed by atoms with van der Waals surface area (Å²) in [5.74, 6) is 0.750. The summed E-state index contributed by atoms with van der Waals surface area (Å²) < 4.78 is 33.5. The van der Waals surface area contributed by atoms with E-state index in [0.29, 0.717) is 30.3 Å². The van der Waals surface area contributed by atoms with Gasteiger partial charge in [-0.15, -0.1) is 0 Å². The summed E-state index contributed by atoms with van der Waals surface area (Å²) in [4.78, 5) is 4.85. The highest BCUT2D eigenvalue weighted by Gasteiger charge is 2.24. The van der Waals surface area contributed by atoms with Crippen LogP contribution in [-0.2, 0) is 16.6 Å². The maximum atomic E-state index is 12.9. The predicted octanol–water partition coefficient (Wildman–Crippen LogP) is 5.58. The molecule has 4 rings (SSSR count). The quantitative estimate of drug-likeness (QED) is 0.443. The van der Waals surface area contributed by atoms with Gasteiger partial charge < -0.3 is 4.74 Å². The average molecular weight is 449 g/mol. The van der Waals surface area contributed by atoms with Crippen LogP contribution in [0.5, 0.6) is 5.75 Å². The predicted molar refractivity (Wildman–Crippen MR) is 128 cm³/mol. The van der Waals surface area contributed by atoms with Gasteiger partial charge in [-0.25, -0.2) is 8.42 Å². The zero-order chi connectivity index (χ0) is 22.2. The van der Waals surface area contributed by atoms with Crippen molar-refractivity contribution in [1.29, 1.82) is 0 Å². The molecule has 0 bridgehead atoms. The van der Waals surface area contributed by atoms with Crippen molar-refractivity contribution < 1.29 is 13.2 Å². The number of para-hydroxylation sites is 1. The molecule has 1 fully saturated rings. The average Bonchev–Trinajstić information content (AvgIpc) is 3.13. The van der Waals surface area contributed by atoms with Crippen LogP contribution in [0.3, 0.4) is 0 Å². The molecule has 32 heavy (non-hydrogen) atoms. The zero-order valence-corrected chi connectivity index (χ0v) is 18.9. The molecule has 0 unspecified atom stereocenters. The molecule has 0 atom stereocenters. The van der Waals surface area contributed by atoms with E-state index >= 15 is 0 Å². The van der Waals surface area contributed by atoms with Crippen molar-refractivity contribution in [1.82, 2.24) is 4.31 Å². The molecule has 3 aromatic rings. The third-order valence-electron chi connectivity index (χ3n) is 5.55. The van der Waals surface area contributed by atoms with Crippen molar-refractivity contribution in [3.63, 3.8) is 0 Å². The van der Waals surface area contributed by atoms with E-state index in [1.54, 1.807) is 34.8 Å². The SMILES string of the molecule is O=S(=O)(c1ccc(N=Cc2ccccc2OCc2ccccc2)cc1)N1CCCCCC1. The van der Waals surface area contributed by atoms with Crippen LogP contribution >= 0.6 is 0 Å². The number of sulfonamides is 1. The number of nitrogens with zero attached hydrogens (tertiary/aromatic N) is 2. The molecule has 0 aromatic heterocycles. The highest BCUT2D eigenvalue weighted by Crippen LogP contribution is 2.24. The molecule has 3 aromatic carbocycles. The molecule has 5 nitrogen and oxygen atoms in total. The van der Waals surface area contributed by atoms with Crippen LogP contribution in [0, 0.1) is 0 Å². The van der Waals surface area contributed by atoms with Crippen LogP contribution in [-0.4, -0.2) is 32.0 Å². The van der Waals surface area contributed by atoms with Gasteiger partial charge in [0.25, 0.3) is 0 Å². The lowest BCUT2D eigenvalue weighted by Crippen LogP contribution is -2.31. The number of aliphatic imine (C=N–C) groups is 1. The van der Waals surface area contributed by atoms with Gasteiger partial charge in [0.15, 0.2) is 0 Å². The van der Waals surface area contributed by atoms with E-state index in [-0.39, 0.29) is 0 Å². The molecule has 6 heteroatoms. The fourth-order valence-electron chi connectivity index (χ4n) is 3.73. The van der Waals surface area contributed by atoms with Crippen molar-refractivity contribution in [2.75, 3.05) is 13.1 Å². The zero-order valence-electron chi connectivity index (χ0n) is 18.1. The van der Waals surface area contributed by atoms with Crippen LogP contribution in [0.25, 0.3) is 0 Å². The second-order valence-corrected chi connectivity index (χ2v) is 9.82. The molecule has 0 radical (unpaired) electrons. The van der Waals surface area contributed by atoms with Gasteiger partial charge in [-0.2, -0.15) is 4.31 Å². The second kappa shape index (κ2) is 10.6. The first kappa shape index (κ1) is 22.2. The highest BCUT2D eigenvalue weighted by atomic mass is 32.2. The van der Waals surface area contributed by atoms with Crippen LogP contribution < -0.4 is 4.74 Å². The molecular weight excluding hydrogens is 420 g/mol. The summed E-state index contributed by atoms with van der Waals surface area (Å²) in [7, 11) is -3.45. The minimum Gasteiger partial charge on any atom is -0.488 e. The number of ether oxygens (including phenoxy) is 1. The summed E-state index contributed by atoms with van der Waals surface area (Å²) in [6.07, 6.45) is 5.78. The molecule has 1 aliphatic rings. The molecule has 0 amide bonds. The van der Waals surface area contributed by atoms with Gasteiger partial charge >= 0.3 is 0 Å². The van der Waals surface area contributed by atoms with E-state index in [2.05, 4.69) is 4.99 Å². The number of hydrogen-bond donors (Lipinski definition) is 0. The van der Waals surface area contributed by atoms with E-state index in [0.717, 1.165) is 42.6 Å². The minimum atomic E-state index is -3.45. The van der Waals surface area contributed by atoms with Crippen LogP contribution in [0.1, 0.15) is 36.8 Å². The highest BCUT2D eigenvalue weighted by molar-refractivity contribution is 7.89. The molecule has 0 spiro atoms. The van der Waals surface area contributed by atoms with Gasteiger partial charge in [0, 0.05) is 24.9 Å². The molecule has 1 aliphatic heterocycles. The molecule has 0 saturated carbocycles. The van der Waals surface area contributed by atoms with E-state index < -0.39 is 10.0 Å². The summed E-state index contributed by atoms with van der Waals surface area (Å²) in [5.41, 5.74) is 2.66. The van der Waals surface area contributed by atoms with E-state index in [1.165, 1.54) is 0 Å². The number of benzene rings is 3. The molecule has 0 N–H and O–H groups in total. The summed E-state index contributed by atoms with van der Waals surface area (Å²) in [6, 6.07) is 24.5. The minimum absolute atomic E-state index is 0.324. The van der Waals surface area contributed by atoms with E-state index in [1.807, 2.05) is 54.6 Å². The van der Waals surface area contributed by atoms with Crippen molar-refractivity contribution in [3.05, 3.63) is 90.0 Å². The Hall–Kier alpha value is -2.96. The molecular formula is C26H28N2O3S.